The average molecular weight is 179 g/mol. The van der Waals surface area contributed by atoms with Gasteiger partial charge in [0.25, 0.3) is 0 Å². The zero-order valence-electron chi connectivity index (χ0n) is 8.52. The third-order valence-corrected chi connectivity index (χ3v) is 4.87. The molecule has 3 rings (SSSR count). The molecule has 13 heavy (non-hydrogen) atoms. The molecule has 2 unspecified atom stereocenters. The van der Waals surface area contributed by atoms with Gasteiger partial charge >= 0.3 is 0 Å². The van der Waals surface area contributed by atoms with E-state index in [4.69, 9.17) is 0 Å². The summed E-state index contributed by atoms with van der Waals surface area (Å²) in [6.07, 6.45) is 10.8. The lowest BCUT2D eigenvalue weighted by atomic mass is 9.76. The maximum absolute atomic E-state index is 3.50. The Balaban J connectivity index is 1.73. The lowest BCUT2D eigenvalue weighted by Gasteiger charge is -2.34. The van der Waals surface area contributed by atoms with Crippen LogP contribution < -0.4 is 5.32 Å². The molecular formula is C12H21N. The Morgan fingerprint density at radius 1 is 0.923 bits per heavy atom. The van der Waals surface area contributed by atoms with Crippen LogP contribution in [-0.2, 0) is 0 Å². The Morgan fingerprint density at radius 2 is 1.54 bits per heavy atom. The molecule has 3 aliphatic rings. The minimum Gasteiger partial charge on any atom is -0.317 e. The molecule has 74 valence electrons. The second-order valence-corrected chi connectivity index (χ2v) is 5.61. The van der Waals surface area contributed by atoms with E-state index >= 15 is 0 Å². The summed E-state index contributed by atoms with van der Waals surface area (Å²) in [5.74, 6) is 2.27. The van der Waals surface area contributed by atoms with Crippen molar-refractivity contribution in [1.29, 1.82) is 0 Å². The normalized spacial score (nSPS) is 42.5. The second kappa shape index (κ2) is 2.98. The summed E-state index contributed by atoms with van der Waals surface area (Å²) in [6.45, 7) is 2.58. The first-order valence-corrected chi connectivity index (χ1v) is 6.09. The van der Waals surface area contributed by atoms with Crippen molar-refractivity contribution in [1.82, 2.24) is 5.32 Å². The zero-order chi connectivity index (χ0) is 8.73. The fourth-order valence-electron chi connectivity index (χ4n) is 4.21. The summed E-state index contributed by atoms with van der Waals surface area (Å²) >= 11 is 0. The highest BCUT2D eigenvalue weighted by Gasteiger charge is 2.46. The van der Waals surface area contributed by atoms with Crippen LogP contribution >= 0.6 is 0 Å². The first kappa shape index (κ1) is 8.28. The first-order valence-electron chi connectivity index (χ1n) is 6.09. The molecule has 0 aromatic heterocycles. The molecule has 1 heteroatoms. The van der Waals surface area contributed by atoms with Gasteiger partial charge in [-0.05, 0) is 56.0 Å². The van der Waals surface area contributed by atoms with Crippen molar-refractivity contribution in [2.75, 3.05) is 13.1 Å². The van der Waals surface area contributed by atoms with Crippen molar-refractivity contribution in [2.45, 2.75) is 44.9 Å². The van der Waals surface area contributed by atoms with Crippen molar-refractivity contribution >= 4 is 0 Å². The van der Waals surface area contributed by atoms with Gasteiger partial charge in [0.2, 0.25) is 0 Å². The molecule has 0 aromatic rings. The van der Waals surface area contributed by atoms with Gasteiger partial charge in [0.1, 0.15) is 0 Å². The van der Waals surface area contributed by atoms with Gasteiger partial charge < -0.3 is 5.32 Å². The van der Waals surface area contributed by atoms with E-state index in [1.807, 2.05) is 0 Å². The van der Waals surface area contributed by atoms with Crippen LogP contribution in [0.3, 0.4) is 0 Å². The summed E-state index contributed by atoms with van der Waals surface area (Å²) < 4.78 is 0. The number of piperidine rings is 1. The van der Waals surface area contributed by atoms with Crippen LogP contribution in [0.5, 0.6) is 0 Å². The van der Waals surface area contributed by atoms with E-state index < -0.39 is 0 Å². The maximum atomic E-state index is 3.50. The van der Waals surface area contributed by atoms with Gasteiger partial charge in [-0.1, -0.05) is 19.3 Å². The van der Waals surface area contributed by atoms with Crippen molar-refractivity contribution < 1.29 is 0 Å². The van der Waals surface area contributed by atoms with E-state index in [1.54, 1.807) is 25.7 Å². The number of fused-ring (bicyclic) bond motifs is 1. The molecule has 0 amide bonds. The van der Waals surface area contributed by atoms with Crippen LogP contribution in [0.1, 0.15) is 44.9 Å². The Labute approximate surface area is 81.3 Å². The molecule has 1 spiro atoms. The largest absolute Gasteiger partial charge is 0.317 e. The van der Waals surface area contributed by atoms with Crippen LogP contribution in [0, 0.1) is 17.3 Å². The number of hydrogen-bond acceptors (Lipinski definition) is 1. The quantitative estimate of drug-likeness (QED) is 0.602. The van der Waals surface area contributed by atoms with Gasteiger partial charge in [0, 0.05) is 0 Å². The summed E-state index contributed by atoms with van der Waals surface area (Å²) in [7, 11) is 0. The van der Waals surface area contributed by atoms with Gasteiger partial charge in [-0.25, -0.2) is 0 Å². The van der Waals surface area contributed by atoms with E-state index in [2.05, 4.69) is 5.32 Å². The van der Waals surface area contributed by atoms with E-state index in [0.717, 1.165) is 17.3 Å². The Kier molecular flexibility index (Phi) is 1.90. The number of hydrogen-bond donors (Lipinski definition) is 1. The Bertz CT molecular complexity index is 179. The van der Waals surface area contributed by atoms with Crippen LogP contribution in [0.2, 0.25) is 0 Å². The lowest BCUT2D eigenvalue weighted by molar-refractivity contribution is 0.193. The molecule has 1 nitrogen and oxygen atoms in total. The molecule has 0 aromatic carbocycles. The molecule has 2 saturated carbocycles. The maximum Gasteiger partial charge on any atom is -0.00436 e. The van der Waals surface area contributed by atoms with Crippen LogP contribution in [-0.4, -0.2) is 13.1 Å². The second-order valence-electron chi connectivity index (χ2n) is 5.61. The van der Waals surface area contributed by atoms with Gasteiger partial charge in [-0.3, -0.25) is 0 Å². The van der Waals surface area contributed by atoms with E-state index in [1.165, 1.54) is 32.4 Å². The van der Waals surface area contributed by atoms with E-state index in [9.17, 15) is 0 Å². The molecule has 1 heterocycles. The van der Waals surface area contributed by atoms with E-state index in [-0.39, 0.29) is 0 Å². The molecule has 1 saturated heterocycles. The first-order chi connectivity index (χ1) is 6.38. The third-order valence-electron chi connectivity index (χ3n) is 4.87. The van der Waals surface area contributed by atoms with E-state index in [0.29, 0.717) is 0 Å². The zero-order valence-corrected chi connectivity index (χ0v) is 8.52. The molecule has 0 bridgehead atoms. The fraction of sp³-hybridized carbons (Fsp3) is 1.00. The number of nitrogens with one attached hydrogen (secondary N) is 1. The van der Waals surface area contributed by atoms with Crippen molar-refractivity contribution in [3.8, 4) is 0 Å². The monoisotopic (exact) mass is 179 g/mol. The predicted molar refractivity (Wildman–Crippen MR) is 54.6 cm³/mol. The molecule has 0 radical (unpaired) electrons. The highest BCUT2D eigenvalue weighted by molar-refractivity contribution is 4.98. The minimum absolute atomic E-state index is 0.807. The van der Waals surface area contributed by atoms with Crippen LogP contribution in [0.25, 0.3) is 0 Å². The summed E-state index contributed by atoms with van der Waals surface area (Å²) in [5.41, 5.74) is 0.807. The summed E-state index contributed by atoms with van der Waals surface area (Å²) in [6, 6.07) is 0. The molecule has 3 fully saturated rings. The fourth-order valence-corrected chi connectivity index (χ4v) is 4.21. The molecular weight excluding hydrogens is 158 g/mol. The summed E-state index contributed by atoms with van der Waals surface area (Å²) in [4.78, 5) is 0. The van der Waals surface area contributed by atoms with Gasteiger partial charge in [0.05, 0.1) is 0 Å². The molecule has 1 aliphatic heterocycles. The van der Waals surface area contributed by atoms with Crippen molar-refractivity contribution in [3.63, 3.8) is 0 Å². The van der Waals surface area contributed by atoms with Crippen molar-refractivity contribution in [2.24, 2.45) is 17.3 Å². The average Bonchev–Trinajstić information content (AvgIpc) is 2.64. The van der Waals surface area contributed by atoms with Gasteiger partial charge in [0.15, 0.2) is 0 Å². The SMILES string of the molecule is C1CC2CC3(CCNCC3)CC2C1. The highest BCUT2D eigenvalue weighted by Crippen LogP contribution is 2.56. The van der Waals surface area contributed by atoms with Gasteiger partial charge in [-0.2, -0.15) is 0 Å². The Hall–Kier alpha value is -0.0400. The van der Waals surface area contributed by atoms with Gasteiger partial charge in [-0.15, -0.1) is 0 Å². The lowest BCUT2D eigenvalue weighted by Crippen LogP contribution is -2.35. The number of rotatable bonds is 0. The molecule has 2 atom stereocenters. The third kappa shape index (κ3) is 1.32. The molecule has 1 N–H and O–H groups in total. The topological polar surface area (TPSA) is 12.0 Å². The van der Waals surface area contributed by atoms with Crippen LogP contribution in [0.4, 0.5) is 0 Å². The predicted octanol–water partition coefficient (Wildman–Crippen LogP) is 2.57. The van der Waals surface area contributed by atoms with Crippen LogP contribution in [0.15, 0.2) is 0 Å². The smallest absolute Gasteiger partial charge is 0.00436 e. The minimum atomic E-state index is 0.807. The summed E-state index contributed by atoms with van der Waals surface area (Å²) in [5, 5.41) is 3.50. The Morgan fingerprint density at radius 3 is 2.15 bits per heavy atom. The van der Waals surface area contributed by atoms with Crippen molar-refractivity contribution in [3.05, 3.63) is 0 Å². The molecule has 2 aliphatic carbocycles. The highest BCUT2D eigenvalue weighted by atomic mass is 14.9. The standard InChI is InChI=1S/C12H21N/c1-2-10-8-12(9-11(10)3-1)4-6-13-7-5-12/h10-11,13H,1-9H2.